The van der Waals surface area contributed by atoms with Crippen molar-refractivity contribution in [1.29, 1.82) is 0 Å². The lowest BCUT2D eigenvalue weighted by atomic mass is 9.92. The highest BCUT2D eigenvalue weighted by atomic mass is 79.9. The second-order valence-electron chi connectivity index (χ2n) is 11.1. The van der Waals surface area contributed by atoms with Gasteiger partial charge < -0.3 is 14.7 Å². The molecule has 2 aliphatic heterocycles. The minimum atomic E-state index is -4.22. The fourth-order valence-electron chi connectivity index (χ4n) is 5.47. The number of piperazine rings is 1. The largest absolute Gasteiger partial charge is 0.451 e. The summed E-state index contributed by atoms with van der Waals surface area (Å²) in [4.78, 5) is 46.0. The van der Waals surface area contributed by atoms with Gasteiger partial charge in [0.1, 0.15) is 11.6 Å². The summed E-state index contributed by atoms with van der Waals surface area (Å²) in [7, 11) is -4.22. The van der Waals surface area contributed by atoms with Crippen LogP contribution in [-0.2, 0) is 41.1 Å². The Hall–Kier alpha value is -3.01. The molecule has 2 amide bonds. The number of imidazole rings is 1. The molecule has 0 spiro atoms. The van der Waals surface area contributed by atoms with Gasteiger partial charge in [-0.2, -0.15) is 4.31 Å². The summed E-state index contributed by atoms with van der Waals surface area (Å²) in [6.45, 7) is 4.28. The van der Waals surface area contributed by atoms with Crippen molar-refractivity contribution >= 4 is 78.6 Å². The molecule has 1 fully saturated rings. The summed E-state index contributed by atoms with van der Waals surface area (Å²) < 4.78 is 36.9. The zero-order valence-corrected chi connectivity index (χ0v) is 28.4. The number of aromatic nitrogens is 2. The highest BCUT2D eigenvalue weighted by Gasteiger charge is 2.52. The zero-order valence-electron chi connectivity index (χ0n) is 24.5. The van der Waals surface area contributed by atoms with Crippen molar-refractivity contribution in [2.24, 2.45) is 0 Å². The van der Waals surface area contributed by atoms with Crippen LogP contribution in [-0.4, -0.2) is 88.5 Å². The zero-order chi connectivity index (χ0) is 32.8. The van der Waals surface area contributed by atoms with Crippen LogP contribution in [0.25, 0.3) is 0 Å². The highest BCUT2D eigenvalue weighted by molar-refractivity contribution is 9.10. The quantitative estimate of drug-likeness (QED) is 0.345. The van der Waals surface area contributed by atoms with Gasteiger partial charge in [0.15, 0.2) is 11.1 Å². The molecule has 1 aromatic heterocycles. The summed E-state index contributed by atoms with van der Waals surface area (Å²) in [5.41, 5.74) is -0.274. The van der Waals surface area contributed by atoms with Gasteiger partial charge in [-0.05, 0) is 56.7 Å². The van der Waals surface area contributed by atoms with Gasteiger partial charge in [0, 0.05) is 47.1 Å². The van der Waals surface area contributed by atoms with Crippen molar-refractivity contribution in [3.8, 4) is 0 Å². The molecule has 5 rings (SSSR count). The van der Waals surface area contributed by atoms with Gasteiger partial charge in [0.2, 0.25) is 5.95 Å². The van der Waals surface area contributed by atoms with Gasteiger partial charge in [-0.25, -0.2) is 23.1 Å². The van der Waals surface area contributed by atoms with E-state index < -0.39 is 45.6 Å². The number of anilines is 2. The third-order valence-electron chi connectivity index (χ3n) is 7.77. The lowest BCUT2D eigenvalue weighted by Crippen LogP contribution is -2.53. The van der Waals surface area contributed by atoms with Crippen molar-refractivity contribution in [3.63, 3.8) is 0 Å². The van der Waals surface area contributed by atoms with Crippen molar-refractivity contribution in [2.45, 2.75) is 50.0 Å². The molecule has 1 N–H and O–H groups in total. The molecule has 2 aromatic carbocycles. The number of aliphatic hydroxyl groups excluding tert-OH is 1. The first-order valence-electron chi connectivity index (χ1n) is 13.9. The summed E-state index contributed by atoms with van der Waals surface area (Å²) in [6.07, 6.45) is -1.15. The van der Waals surface area contributed by atoms with E-state index in [0.29, 0.717) is 15.7 Å². The average molecular weight is 743 g/mol. The minimum absolute atomic E-state index is 0.0395. The van der Waals surface area contributed by atoms with Crippen LogP contribution in [0.2, 0.25) is 10.0 Å². The molecular formula is C29H30BrCl2N5O7S. The molecule has 0 bridgehead atoms. The first-order chi connectivity index (χ1) is 21.1. The molecule has 3 heterocycles. The van der Waals surface area contributed by atoms with Crippen LogP contribution in [0.15, 0.2) is 58.2 Å². The number of rotatable bonds is 8. The van der Waals surface area contributed by atoms with Crippen LogP contribution in [0.3, 0.4) is 0 Å². The molecule has 1 saturated heterocycles. The van der Waals surface area contributed by atoms with Crippen LogP contribution in [0.5, 0.6) is 0 Å². The van der Waals surface area contributed by atoms with Crippen molar-refractivity contribution < 1.29 is 32.6 Å². The van der Waals surface area contributed by atoms with E-state index in [4.69, 9.17) is 27.9 Å². The van der Waals surface area contributed by atoms with Crippen molar-refractivity contribution in [1.82, 2.24) is 18.8 Å². The fraction of sp³-hybridized carbons (Fsp3) is 0.379. The summed E-state index contributed by atoms with van der Waals surface area (Å²) >= 11 is 16.0. The van der Waals surface area contributed by atoms with E-state index in [9.17, 15) is 27.9 Å². The van der Waals surface area contributed by atoms with E-state index in [-0.39, 0.29) is 43.6 Å². The van der Waals surface area contributed by atoms with Gasteiger partial charge >= 0.3 is 5.97 Å². The number of hydrogen-bond donors (Lipinski definition) is 1. The Morgan fingerprint density at radius 3 is 2.24 bits per heavy atom. The lowest BCUT2D eigenvalue weighted by Gasteiger charge is -2.35. The molecule has 12 nitrogen and oxygen atoms in total. The maximum atomic E-state index is 14.3. The smallest absolute Gasteiger partial charge is 0.335 e. The normalized spacial score (nSPS) is 20.2. The maximum Gasteiger partial charge on any atom is 0.335 e. The van der Waals surface area contributed by atoms with Gasteiger partial charge in [-0.15, -0.1) is 0 Å². The number of aliphatic hydroxyl groups is 1. The Balaban J connectivity index is 1.47. The Labute approximate surface area is 278 Å². The molecule has 3 atom stereocenters. The predicted molar refractivity (Wildman–Crippen MR) is 170 cm³/mol. The number of benzene rings is 2. The van der Waals surface area contributed by atoms with Gasteiger partial charge in [0.05, 0.1) is 11.9 Å². The summed E-state index contributed by atoms with van der Waals surface area (Å²) in [5.74, 6) is -1.75. The number of fused-ring (bicyclic) bond motifs is 1. The van der Waals surface area contributed by atoms with Crippen LogP contribution in [0.1, 0.15) is 26.3 Å². The number of halogens is 3. The number of amides is 2. The van der Waals surface area contributed by atoms with E-state index in [1.165, 1.54) is 44.8 Å². The molecule has 0 saturated carbocycles. The topological polar surface area (TPSA) is 142 Å². The first-order valence-corrected chi connectivity index (χ1v) is 16.9. The van der Waals surface area contributed by atoms with E-state index in [2.05, 4.69) is 20.9 Å². The minimum Gasteiger partial charge on any atom is -0.451 e. The van der Waals surface area contributed by atoms with Gasteiger partial charge in [-0.1, -0.05) is 51.3 Å². The van der Waals surface area contributed by atoms with Crippen LogP contribution in [0.4, 0.5) is 11.6 Å². The van der Waals surface area contributed by atoms with Crippen molar-refractivity contribution in [3.05, 3.63) is 68.7 Å². The number of carbonyl (C=O) groups excluding carboxylic acids is 3. The van der Waals surface area contributed by atoms with Gasteiger partial charge in [-0.3, -0.25) is 14.2 Å². The van der Waals surface area contributed by atoms with E-state index in [1.54, 1.807) is 19.1 Å². The standard InChI is InChI=1S/C29H30BrCl2N5O7S/c1-17(38)26(40)44-18(2)25(39)34-8-10-35(11-9-34)45(42,43)24-16-33-28-36(23-13-21(31)12-22(32)14-23)27(41)29(3,37(24)28)15-19-4-6-20(30)7-5-19/h4-7,12-14,16-18,38H,8-11,15H2,1-3H3/t17-,18-,29-/m1/s1. The molecule has 0 unspecified atom stereocenters. The average Bonchev–Trinajstić information content (AvgIpc) is 3.51. The predicted octanol–water partition coefficient (Wildman–Crippen LogP) is 3.73. The van der Waals surface area contributed by atoms with E-state index in [1.807, 2.05) is 24.3 Å². The first kappa shape index (κ1) is 33.4. The number of hydrogen-bond acceptors (Lipinski definition) is 8. The van der Waals surface area contributed by atoms with Crippen LogP contribution < -0.4 is 4.90 Å². The Morgan fingerprint density at radius 2 is 1.67 bits per heavy atom. The van der Waals surface area contributed by atoms with E-state index in [0.717, 1.165) is 10.0 Å². The summed E-state index contributed by atoms with van der Waals surface area (Å²) in [6, 6.07) is 12.0. The molecule has 45 heavy (non-hydrogen) atoms. The molecule has 0 radical (unpaired) electrons. The summed E-state index contributed by atoms with van der Waals surface area (Å²) in [5, 5.41) is 9.78. The van der Waals surface area contributed by atoms with Crippen LogP contribution in [0, 0.1) is 0 Å². The number of sulfonamides is 1. The fourth-order valence-corrected chi connectivity index (χ4v) is 7.86. The van der Waals surface area contributed by atoms with Gasteiger partial charge in [0.25, 0.3) is 21.8 Å². The number of nitrogens with zero attached hydrogens (tertiary/aromatic N) is 5. The lowest BCUT2D eigenvalue weighted by molar-refractivity contribution is -0.165. The third kappa shape index (κ3) is 6.36. The van der Waals surface area contributed by atoms with Crippen molar-refractivity contribution in [2.75, 3.05) is 31.1 Å². The number of carbonyl (C=O) groups is 3. The Morgan fingerprint density at radius 1 is 1.07 bits per heavy atom. The molecule has 3 aromatic rings. The second-order valence-corrected chi connectivity index (χ2v) is 14.7. The maximum absolute atomic E-state index is 14.3. The third-order valence-corrected chi connectivity index (χ3v) is 10.6. The highest BCUT2D eigenvalue weighted by Crippen LogP contribution is 2.45. The Bertz CT molecular complexity index is 1740. The monoisotopic (exact) mass is 741 g/mol. The molecule has 16 heteroatoms. The van der Waals surface area contributed by atoms with E-state index >= 15 is 0 Å². The molecule has 0 aliphatic carbocycles. The number of esters is 1. The SMILES string of the molecule is C[C@@H](O)C(=O)O[C@H](C)C(=O)N1CCN(S(=O)(=O)c2cnc3n2[C@](C)(Cc2ccc(Br)cc2)C(=O)N3c2cc(Cl)cc(Cl)c2)CC1. The Kier molecular flexibility index (Phi) is 9.38. The van der Waals surface area contributed by atoms with Crippen LogP contribution >= 0.6 is 39.1 Å². The molecule has 240 valence electrons. The molecular weight excluding hydrogens is 713 g/mol. The second kappa shape index (κ2) is 12.6. The molecule has 2 aliphatic rings. The number of ether oxygens (including phenoxy) is 1.